The summed E-state index contributed by atoms with van der Waals surface area (Å²) in [5.41, 5.74) is 3.30. The molecule has 1 amide bonds. The number of hydrogen-bond acceptors (Lipinski definition) is 7. The Morgan fingerprint density at radius 2 is 1.88 bits per heavy atom. The minimum Gasteiger partial charge on any atom is -0.490 e. The van der Waals surface area contributed by atoms with Crippen molar-refractivity contribution < 1.29 is 31.9 Å². The lowest BCUT2D eigenvalue weighted by Gasteiger charge is -2.33. The Kier molecular flexibility index (Phi) is 7.78. The van der Waals surface area contributed by atoms with Gasteiger partial charge in [-0.25, -0.2) is 23.1 Å². The molecule has 5 heterocycles. The number of aromatic nitrogens is 5. The topological polar surface area (TPSA) is 100 Å². The fraction of sp³-hybridized carbons (Fsp3) is 0.257. The molecule has 0 bridgehead atoms. The number of fused-ring (bicyclic) bond motifs is 3. The maximum Gasteiger partial charge on any atom is 0.246 e. The van der Waals surface area contributed by atoms with Crippen LogP contribution in [-0.4, -0.2) is 62.0 Å². The highest BCUT2D eigenvalue weighted by molar-refractivity contribution is 6.07. The van der Waals surface area contributed by atoms with E-state index < -0.39 is 17.5 Å². The number of ether oxygens (including phenoxy) is 2. The fourth-order valence-corrected chi connectivity index (χ4v) is 6.35. The van der Waals surface area contributed by atoms with E-state index in [0.29, 0.717) is 35.9 Å². The van der Waals surface area contributed by atoms with Crippen LogP contribution in [0.25, 0.3) is 55.8 Å². The third-order valence-electron chi connectivity index (χ3n) is 8.82. The molecule has 0 saturated heterocycles. The summed E-state index contributed by atoms with van der Waals surface area (Å²) < 4.78 is 67.1. The summed E-state index contributed by atoms with van der Waals surface area (Å²) in [5.74, 6) is -2.26. The summed E-state index contributed by atoms with van der Waals surface area (Å²) in [4.78, 5) is 23.9. The zero-order chi connectivity index (χ0) is 33.9. The number of hydrogen-bond donors (Lipinski definition) is 0. The van der Waals surface area contributed by atoms with Crippen LogP contribution >= 0.6 is 0 Å². The number of halogens is 3. The molecule has 2 aromatic carbocycles. The van der Waals surface area contributed by atoms with E-state index in [0.717, 1.165) is 23.7 Å². The number of aryl methyl sites for hydroxylation is 2. The van der Waals surface area contributed by atoms with Crippen molar-refractivity contribution in [2.45, 2.75) is 26.4 Å². The second-order valence-corrected chi connectivity index (χ2v) is 11.6. The van der Waals surface area contributed by atoms with Crippen molar-refractivity contribution in [3.05, 3.63) is 84.3 Å². The predicted octanol–water partition coefficient (Wildman–Crippen LogP) is 6.75. The minimum atomic E-state index is -0.995. The van der Waals surface area contributed by atoms with Crippen LogP contribution < -0.4 is 4.74 Å². The molecular weight excluding hydrogens is 625 g/mol. The van der Waals surface area contributed by atoms with Crippen molar-refractivity contribution >= 4 is 27.9 Å². The Hall–Kier alpha value is -5.43. The van der Waals surface area contributed by atoms with Gasteiger partial charge in [-0.3, -0.25) is 9.48 Å². The number of benzene rings is 2. The normalized spacial score (nSPS) is 14.6. The number of rotatable bonds is 8. The van der Waals surface area contributed by atoms with Crippen LogP contribution in [0.15, 0.2) is 59.7 Å². The lowest BCUT2D eigenvalue weighted by atomic mass is 9.94. The molecule has 0 aliphatic carbocycles. The Balaban J connectivity index is 1.53. The lowest BCUT2D eigenvalue weighted by Crippen LogP contribution is -2.40. The van der Waals surface area contributed by atoms with Crippen LogP contribution in [0.4, 0.5) is 13.2 Å². The van der Waals surface area contributed by atoms with Crippen molar-refractivity contribution in [2.24, 2.45) is 7.05 Å². The lowest BCUT2D eigenvalue weighted by molar-refractivity contribution is -0.129. The number of furan rings is 1. The summed E-state index contributed by atoms with van der Waals surface area (Å²) in [6.07, 6.45) is 2.19. The third kappa shape index (κ3) is 5.01. The predicted molar refractivity (Wildman–Crippen MR) is 173 cm³/mol. The van der Waals surface area contributed by atoms with E-state index in [1.807, 2.05) is 43.7 Å². The van der Waals surface area contributed by atoms with E-state index in [1.54, 1.807) is 15.6 Å². The van der Waals surface area contributed by atoms with Gasteiger partial charge in [-0.05, 0) is 38.1 Å². The first-order valence-corrected chi connectivity index (χ1v) is 15.3. The molecule has 1 aliphatic heterocycles. The van der Waals surface area contributed by atoms with Gasteiger partial charge in [0.25, 0.3) is 0 Å². The molecule has 10 nitrogen and oxygen atoms in total. The molecule has 13 heteroatoms. The van der Waals surface area contributed by atoms with E-state index in [-0.39, 0.29) is 70.1 Å². The molecule has 0 N–H and O–H groups in total. The molecule has 0 saturated carbocycles. The summed E-state index contributed by atoms with van der Waals surface area (Å²) in [6.45, 7) is 8.23. The van der Waals surface area contributed by atoms with Crippen LogP contribution in [0.5, 0.6) is 5.75 Å². The number of nitrogens with zero attached hydrogens (tertiary/aromatic N) is 6. The first-order chi connectivity index (χ1) is 23.1. The number of pyridine rings is 1. The van der Waals surface area contributed by atoms with Crippen molar-refractivity contribution in [3.8, 4) is 39.5 Å². The molecule has 0 radical (unpaired) electrons. The van der Waals surface area contributed by atoms with E-state index in [2.05, 4.69) is 11.6 Å². The van der Waals surface area contributed by atoms with E-state index in [9.17, 15) is 9.18 Å². The zero-order valence-corrected chi connectivity index (χ0v) is 26.7. The molecular formula is C35H31F3N6O4. The minimum absolute atomic E-state index is 0.0261. The van der Waals surface area contributed by atoms with E-state index in [4.69, 9.17) is 24.0 Å². The second-order valence-electron chi connectivity index (χ2n) is 11.6. The molecule has 4 aromatic heterocycles. The van der Waals surface area contributed by atoms with Crippen molar-refractivity contribution in [3.63, 3.8) is 0 Å². The van der Waals surface area contributed by atoms with E-state index >= 15 is 8.78 Å². The maximum atomic E-state index is 16.1. The third-order valence-corrected chi connectivity index (χ3v) is 8.82. The highest BCUT2D eigenvalue weighted by Gasteiger charge is 2.32. The Labute approximate surface area is 273 Å². The van der Waals surface area contributed by atoms with Gasteiger partial charge >= 0.3 is 0 Å². The number of carbonyl (C=O) groups excluding carboxylic acids is 1. The standard InChI is InChI=1S/C35H31F3N6O4/c1-6-29(45)43-9-10-44-27(18(43)2)16-25(41-44)34-32(30-22(37)14-21(36)15-28(30)47-12-11-46-5)31-23(38)17-48-35(31)33(40-34)20-7-8-26-24(13-20)39-19(3)42(26)4/h6-8,13-18H,1,9-12H2,2-5H3. The number of carbonyl (C=O) groups is 1. The summed E-state index contributed by atoms with van der Waals surface area (Å²) >= 11 is 0. The molecule has 1 aliphatic rings. The highest BCUT2D eigenvalue weighted by Crippen LogP contribution is 2.47. The zero-order valence-electron chi connectivity index (χ0n) is 26.7. The van der Waals surface area contributed by atoms with Gasteiger partial charge < -0.3 is 23.4 Å². The summed E-state index contributed by atoms with van der Waals surface area (Å²) in [5, 5.41) is 4.73. The van der Waals surface area contributed by atoms with Gasteiger partial charge in [0.2, 0.25) is 5.91 Å². The number of amides is 1. The van der Waals surface area contributed by atoms with Crippen molar-refractivity contribution in [1.29, 1.82) is 0 Å². The monoisotopic (exact) mass is 656 g/mol. The van der Waals surface area contributed by atoms with Gasteiger partial charge in [0.1, 0.15) is 53.2 Å². The SMILES string of the molecule is C=CC(=O)N1CCn2nc(-c3nc(-c4ccc5c(c4)nc(C)n5C)c4occ(F)c4c3-c3c(F)cc(F)cc3OCCOC)cc2C1C. The molecule has 0 spiro atoms. The first-order valence-electron chi connectivity index (χ1n) is 15.3. The molecule has 7 rings (SSSR count). The largest absolute Gasteiger partial charge is 0.490 e. The van der Waals surface area contributed by atoms with E-state index in [1.165, 1.54) is 13.2 Å². The summed E-state index contributed by atoms with van der Waals surface area (Å²) in [6, 6.07) is 8.63. The van der Waals surface area contributed by atoms with Crippen LogP contribution in [0.2, 0.25) is 0 Å². The van der Waals surface area contributed by atoms with Gasteiger partial charge in [-0.1, -0.05) is 12.6 Å². The fourth-order valence-electron chi connectivity index (χ4n) is 6.35. The number of imidazole rings is 1. The molecule has 1 atom stereocenters. The van der Waals surface area contributed by atoms with Crippen LogP contribution in [0.1, 0.15) is 24.5 Å². The molecule has 48 heavy (non-hydrogen) atoms. The van der Waals surface area contributed by atoms with Crippen LogP contribution in [0.3, 0.4) is 0 Å². The Bertz CT molecular complexity index is 2250. The van der Waals surface area contributed by atoms with Crippen molar-refractivity contribution in [1.82, 2.24) is 29.2 Å². The number of methoxy groups -OCH3 is 1. The van der Waals surface area contributed by atoms with Crippen LogP contribution in [-0.2, 0) is 23.1 Å². The van der Waals surface area contributed by atoms with Gasteiger partial charge in [0.15, 0.2) is 11.4 Å². The molecule has 0 fully saturated rings. The Morgan fingerprint density at radius 1 is 1.06 bits per heavy atom. The molecule has 6 aromatic rings. The highest BCUT2D eigenvalue weighted by atomic mass is 19.1. The van der Waals surface area contributed by atoms with Gasteiger partial charge in [-0.15, -0.1) is 0 Å². The maximum absolute atomic E-state index is 16.1. The Morgan fingerprint density at radius 3 is 2.65 bits per heavy atom. The van der Waals surface area contributed by atoms with Gasteiger partial charge in [0, 0.05) is 44.0 Å². The molecule has 246 valence electrons. The quantitative estimate of drug-likeness (QED) is 0.132. The van der Waals surface area contributed by atoms with Crippen LogP contribution in [0, 0.1) is 24.4 Å². The van der Waals surface area contributed by atoms with Crippen molar-refractivity contribution in [2.75, 3.05) is 26.9 Å². The first kappa shape index (κ1) is 31.2. The summed E-state index contributed by atoms with van der Waals surface area (Å²) in [7, 11) is 3.38. The van der Waals surface area contributed by atoms with Gasteiger partial charge in [0.05, 0.1) is 46.9 Å². The molecule has 1 unspecified atom stereocenters. The van der Waals surface area contributed by atoms with Gasteiger partial charge in [-0.2, -0.15) is 5.10 Å². The smallest absolute Gasteiger partial charge is 0.246 e. The second kappa shape index (κ2) is 12.0. The average molecular weight is 657 g/mol. The average Bonchev–Trinajstić information content (AvgIpc) is 3.76.